The number of esters is 1. The lowest BCUT2D eigenvalue weighted by Crippen LogP contribution is -2.49. The lowest BCUT2D eigenvalue weighted by Gasteiger charge is -2.35. The van der Waals surface area contributed by atoms with E-state index in [1.54, 1.807) is 20.9 Å². The summed E-state index contributed by atoms with van der Waals surface area (Å²) >= 11 is 0. The molecule has 0 bridgehead atoms. The SMILES string of the molecule is CCN(CC)S(=O)(=O)c1cc(C(=O)N2Cc3ccccc3C[C@@H]2C(=O)OC)n(C)c1. The number of fused-ring (bicyclic) bond motifs is 1. The van der Waals surface area contributed by atoms with Crippen LogP contribution in [0, 0.1) is 0 Å². The minimum atomic E-state index is -3.70. The molecule has 0 saturated heterocycles. The molecule has 0 unspecified atom stereocenters. The van der Waals surface area contributed by atoms with Gasteiger partial charge < -0.3 is 14.2 Å². The number of hydrogen-bond acceptors (Lipinski definition) is 5. The summed E-state index contributed by atoms with van der Waals surface area (Å²) in [5.41, 5.74) is 2.15. The lowest BCUT2D eigenvalue weighted by atomic mass is 9.93. The number of nitrogens with zero attached hydrogens (tertiary/aromatic N) is 3. The molecule has 0 saturated carbocycles. The van der Waals surface area contributed by atoms with E-state index in [1.807, 2.05) is 24.3 Å². The van der Waals surface area contributed by atoms with E-state index >= 15 is 0 Å². The van der Waals surface area contributed by atoms with Gasteiger partial charge in [-0.05, 0) is 17.2 Å². The number of amides is 1. The number of ether oxygens (including phenoxy) is 1. The highest BCUT2D eigenvalue weighted by Crippen LogP contribution is 2.27. The van der Waals surface area contributed by atoms with Crippen molar-refractivity contribution in [3.63, 3.8) is 0 Å². The standard InChI is InChI=1S/C21H27N3O5S/c1-5-23(6-2)30(27,28)17-12-18(22(3)14-17)20(25)24-13-16-10-8-7-9-15(16)11-19(24)21(26)29-4/h7-10,12,14,19H,5-6,11,13H2,1-4H3/t19-/m1/s1. The monoisotopic (exact) mass is 433 g/mol. The zero-order valence-electron chi connectivity index (χ0n) is 17.7. The summed E-state index contributed by atoms with van der Waals surface area (Å²) in [6.07, 6.45) is 1.79. The van der Waals surface area contributed by atoms with Crippen molar-refractivity contribution in [2.45, 2.75) is 37.8 Å². The second-order valence-corrected chi connectivity index (χ2v) is 9.14. The Morgan fingerprint density at radius 3 is 2.40 bits per heavy atom. The summed E-state index contributed by atoms with van der Waals surface area (Å²) in [5, 5.41) is 0. The molecular formula is C21H27N3O5S. The van der Waals surface area contributed by atoms with Crippen molar-refractivity contribution in [1.29, 1.82) is 0 Å². The van der Waals surface area contributed by atoms with Gasteiger partial charge in [0, 0.05) is 39.3 Å². The molecular weight excluding hydrogens is 406 g/mol. The van der Waals surface area contributed by atoms with Gasteiger partial charge in [0.15, 0.2) is 0 Å². The summed E-state index contributed by atoms with van der Waals surface area (Å²) in [7, 11) is -0.781. The number of rotatable bonds is 6. The Kier molecular flexibility index (Phi) is 6.33. The van der Waals surface area contributed by atoms with Gasteiger partial charge in [-0.2, -0.15) is 4.31 Å². The Morgan fingerprint density at radius 1 is 1.17 bits per heavy atom. The number of carbonyl (C=O) groups is 2. The highest BCUT2D eigenvalue weighted by molar-refractivity contribution is 7.89. The van der Waals surface area contributed by atoms with E-state index in [0.717, 1.165) is 11.1 Å². The van der Waals surface area contributed by atoms with Crippen LogP contribution in [0.15, 0.2) is 41.4 Å². The molecule has 3 rings (SSSR count). The molecule has 9 heteroatoms. The highest BCUT2D eigenvalue weighted by atomic mass is 32.2. The average Bonchev–Trinajstić information content (AvgIpc) is 3.14. The van der Waals surface area contributed by atoms with E-state index in [1.165, 1.54) is 33.1 Å². The summed E-state index contributed by atoms with van der Waals surface area (Å²) in [5.74, 6) is -0.911. The minimum absolute atomic E-state index is 0.0593. The quantitative estimate of drug-likeness (QED) is 0.648. The molecule has 1 aromatic heterocycles. The molecule has 2 aromatic rings. The van der Waals surface area contributed by atoms with E-state index in [0.29, 0.717) is 19.5 Å². The number of aromatic nitrogens is 1. The Morgan fingerprint density at radius 2 is 1.80 bits per heavy atom. The van der Waals surface area contributed by atoms with Crippen molar-refractivity contribution in [3.05, 3.63) is 53.3 Å². The van der Waals surface area contributed by atoms with E-state index in [2.05, 4.69) is 0 Å². The van der Waals surface area contributed by atoms with E-state index in [-0.39, 0.29) is 17.1 Å². The Bertz CT molecular complexity index is 1060. The van der Waals surface area contributed by atoms with Crippen LogP contribution in [0.1, 0.15) is 35.5 Å². The fourth-order valence-corrected chi connectivity index (χ4v) is 5.36. The molecule has 0 N–H and O–H groups in total. The van der Waals surface area contributed by atoms with Gasteiger partial charge in [-0.3, -0.25) is 4.79 Å². The van der Waals surface area contributed by atoms with Gasteiger partial charge >= 0.3 is 5.97 Å². The van der Waals surface area contributed by atoms with E-state index in [4.69, 9.17) is 4.74 Å². The molecule has 1 aliphatic rings. The van der Waals surface area contributed by atoms with Gasteiger partial charge in [0.05, 0.1) is 7.11 Å². The molecule has 162 valence electrons. The summed E-state index contributed by atoms with van der Waals surface area (Å²) in [6, 6.07) is 8.25. The predicted molar refractivity (Wildman–Crippen MR) is 111 cm³/mol. The molecule has 1 atom stereocenters. The molecule has 0 fully saturated rings. The van der Waals surface area contributed by atoms with Gasteiger partial charge in [0.25, 0.3) is 5.91 Å². The largest absolute Gasteiger partial charge is 0.467 e. The van der Waals surface area contributed by atoms with Crippen molar-refractivity contribution in [3.8, 4) is 0 Å². The number of sulfonamides is 1. The van der Waals surface area contributed by atoms with Gasteiger partial charge in [-0.25, -0.2) is 13.2 Å². The fraction of sp³-hybridized carbons (Fsp3) is 0.429. The first kappa shape index (κ1) is 22.0. The molecule has 1 amide bonds. The van der Waals surface area contributed by atoms with Crippen molar-refractivity contribution in [1.82, 2.24) is 13.8 Å². The molecule has 2 heterocycles. The zero-order chi connectivity index (χ0) is 22.1. The van der Waals surface area contributed by atoms with Crippen LogP contribution in [-0.2, 0) is 39.6 Å². The number of aryl methyl sites for hydroxylation is 1. The van der Waals surface area contributed by atoms with Crippen LogP contribution in [0.2, 0.25) is 0 Å². The van der Waals surface area contributed by atoms with Crippen molar-refractivity contribution in [2.75, 3.05) is 20.2 Å². The Hall–Kier alpha value is -2.65. The van der Waals surface area contributed by atoms with Gasteiger partial charge in [0.1, 0.15) is 16.6 Å². The maximum absolute atomic E-state index is 13.4. The minimum Gasteiger partial charge on any atom is -0.467 e. The Balaban J connectivity index is 1.99. The first-order valence-corrected chi connectivity index (χ1v) is 11.3. The van der Waals surface area contributed by atoms with Crippen LogP contribution in [-0.4, -0.2) is 60.3 Å². The van der Waals surface area contributed by atoms with Crippen LogP contribution in [0.5, 0.6) is 0 Å². The third-order valence-electron chi connectivity index (χ3n) is 5.52. The van der Waals surface area contributed by atoms with E-state index < -0.39 is 27.9 Å². The van der Waals surface area contributed by atoms with Crippen molar-refractivity contribution in [2.24, 2.45) is 7.05 Å². The highest BCUT2D eigenvalue weighted by Gasteiger charge is 2.37. The first-order chi connectivity index (χ1) is 14.2. The number of carbonyl (C=O) groups excluding carboxylic acids is 2. The van der Waals surface area contributed by atoms with Crippen LogP contribution in [0.3, 0.4) is 0 Å². The van der Waals surface area contributed by atoms with Crippen LogP contribution in [0.25, 0.3) is 0 Å². The Labute approximate surface area is 177 Å². The maximum atomic E-state index is 13.4. The lowest BCUT2D eigenvalue weighted by molar-refractivity contribution is -0.146. The van der Waals surface area contributed by atoms with Gasteiger partial charge in [-0.15, -0.1) is 0 Å². The number of hydrogen-bond donors (Lipinski definition) is 0. The van der Waals surface area contributed by atoms with Crippen LogP contribution >= 0.6 is 0 Å². The maximum Gasteiger partial charge on any atom is 0.328 e. The van der Waals surface area contributed by atoms with E-state index in [9.17, 15) is 18.0 Å². The molecule has 1 aliphatic heterocycles. The smallest absolute Gasteiger partial charge is 0.328 e. The number of benzene rings is 1. The third kappa shape index (κ3) is 3.87. The molecule has 1 aromatic carbocycles. The summed E-state index contributed by atoms with van der Waals surface area (Å²) < 4.78 is 33.5. The number of methoxy groups -OCH3 is 1. The van der Waals surface area contributed by atoms with Crippen molar-refractivity contribution < 1.29 is 22.7 Å². The summed E-state index contributed by atoms with van der Waals surface area (Å²) in [4.78, 5) is 27.3. The second-order valence-electron chi connectivity index (χ2n) is 7.21. The van der Waals surface area contributed by atoms with Crippen LogP contribution < -0.4 is 0 Å². The van der Waals surface area contributed by atoms with Crippen molar-refractivity contribution >= 4 is 21.9 Å². The predicted octanol–water partition coefficient (Wildman–Crippen LogP) is 1.80. The molecule has 8 nitrogen and oxygen atoms in total. The molecule has 0 spiro atoms. The zero-order valence-corrected chi connectivity index (χ0v) is 18.5. The topological polar surface area (TPSA) is 88.9 Å². The molecule has 30 heavy (non-hydrogen) atoms. The molecule has 0 radical (unpaired) electrons. The van der Waals surface area contributed by atoms with Gasteiger partial charge in [-0.1, -0.05) is 38.1 Å². The third-order valence-corrected chi connectivity index (χ3v) is 7.54. The average molecular weight is 434 g/mol. The first-order valence-electron chi connectivity index (χ1n) is 9.86. The fourth-order valence-electron chi connectivity index (χ4n) is 3.83. The normalized spacial score (nSPS) is 16.4. The second kappa shape index (κ2) is 8.61. The molecule has 0 aliphatic carbocycles. The summed E-state index contributed by atoms with van der Waals surface area (Å²) in [6.45, 7) is 4.46. The van der Waals surface area contributed by atoms with Gasteiger partial charge in [0.2, 0.25) is 10.0 Å². The van der Waals surface area contributed by atoms with Crippen LogP contribution in [0.4, 0.5) is 0 Å².